The lowest BCUT2D eigenvalue weighted by atomic mass is 9.81. The molecule has 0 N–H and O–H groups in total. The molecule has 0 atom stereocenters. The van der Waals surface area contributed by atoms with Gasteiger partial charge in [0.2, 0.25) is 0 Å². The highest BCUT2D eigenvalue weighted by molar-refractivity contribution is 6.00. The number of esters is 2. The van der Waals surface area contributed by atoms with Gasteiger partial charge in [-0.1, -0.05) is 30.4 Å². The Hall–Kier alpha value is -1.84. The lowest BCUT2D eigenvalue weighted by Crippen LogP contribution is -2.41. The minimum Gasteiger partial charge on any atom is -0.465 e. The third kappa shape index (κ3) is 5.03. The highest BCUT2D eigenvalue weighted by Gasteiger charge is 2.46. The quantitative estimate of drug-likeness (QED) is 0.282. The van der Waals surface area contributed by atoms with E-state index in [1.54, 1.807) is 26.0 Å². The first-order valence-corrected chi connectivity index (χ1v) is 6.82. The van der Waals surface area contributed by atoms with Gasteiger partial charge in [0.05, 0.1) is 13.2 Å². The van der Waals surface area contributed by atoms with Gasteiger partial charge in [0.15, 0.2) is 5.41 Å². The lowest BCUT2D eigenvalue weighted by molar-refractivity contribution is -0.171. The molecule has 0 fully saturated rings. The van der Waals surface area contributed by atoms with Crippen molar-refractivity contribution in [3.63, 3.8) is 0 Å². The average molecular weight is 280 g/mol. The average Bonchev–Trinajstić information content (AvgIpc) is 2.42. The van der Waals surface area contributed by atoms with Gasteiger partial charge in [-0.15, -0.1) is 6.58 Å². The molecule has 0 aromatic rings. The van der Waals surface area contributed by atoms with E-state index in [0.717, 1.165) is 0 Å². The van der Waals surface area contributed by atoms with E-state index in [2.05, 4.69) is 6.58 Å². The van der Waals surface area contributed by atoms with Crippen molar-refractivity contribution in [3.8, 4) is 0 Å². The van der Waals surface area contributed by atoms with Crippen LogP contribution in [0.5, 0.6) is 0 Å². The summed E-state index contributed by atoms with van der Waals surface area (Å²) in [5, 5.41) is 0. The van der Waals surface area contributed by atoms with Crippen LogP contribution in [-0.4, -0.2) is 25.2 Å². The first-order valence-electron chi connectivity index (χ1n) is 6.82. The van der Waals surface area contributed by atoms with E-state index in [-0.39, 0.29) is 26.1 Å². The van der Waals surface area contributed by atoms with E-state index in [1.165, 1.54) is 6.08 Å². The van der Waals surface area contributed by atoms with Crippen LogP contribution >= 0.6 is 0 Å². The molecular formula is C16H24O4. The summed E-state index contributed by atoms with van der Waals surface area (Å²) in [5.41, 5.74) is -1.34. The Morgan fingerprint density at radius 2 is 1.60 bits per heavy atom. The monoisotopic (exact) mass is 280 g/mol. The molecule has 0 radical (unpaired) electrons. The SMILES string of the molecule is C=CCC(C/C=C/C=C/C)(C(=O)OCC)C(=O)OCC. The fraction of sp³-hybridized carbons (Fsp3) is 0.500. The Bertz CT molecular complexity index is 362. The van der Waals surface area contributed by atoms with Crippen LogP contribution in [0.3, 0.4) is 0 Å². The molecule has 0 spiro atoms. The number of carbonyl (C=O) groups is 2. The zero-order chi connectivity index (χ0) is 15.4. The summed E-state index contributed by atoms with van der Waals surface area (Å²) in [5.74, 6) is -1.13. The van der Waals surface area contributed by atoms with E-state index < -0.39 is 17.4 Å². The van der Waals surface area contributed by atoms with Crippen LogP contribution < -0.4 is 0 Å². The minimum atomic E-state index is -1.34. The first kappa shape index (κ1) is 18.2. The van der Waals surface area contributed by atoms with Crippen molar-refractivity contribution in [2.24, 2.45) is 5.41 Å². The van der Waals surface area contributed by atoms with E-state index in [9.17, 15) is 9.59 Å². The molecule has 112 valence electrons. The molecule has 0 aromatic heterocycles. The second kappa shape index (κ2) is 10.0. The first-order chi connectivity index (χ1) is 9.58. The number of carbonyl (C=O) groups excluding carboxylic acids is 2. The Labute approximate surface area is 121 Å². The number of hydrogen-bond donors (Lipinski definition) is 0. The molecule has 0 aliphatic carbocycles. The number of rotatable bonds is 9. The molecule has 0 aromatic carbocycles. The van der Waals surface area contributed by atoms with Crippen molar-refractivity contribution in [2.45, 2.75) is 33.6 Å². The van der Waals surface area contributed by atoms with E-state index in [0.29, 0.717) is 0 Å². The van der Waals surface area contributed by atoms with Crippen molar-refractivity contribution >= 4 is 11.9 Å². The van der Waals surface area contributed by atoms with Crippen LogP contribution in [0, 0.1) is 5.41 Å². The number of allylic oxidation sites excluding steroid dienone is 5. The van der Waals surface area contributed by atoms with Crippen molar-refractivity contribution in [1.82, 2.24) is 0 Å². The lowest BCUT2D eigenvalue weighted by Gasteiger charge is -2.26. The van der Waals surface area contributed by atoms with Crippen molar-refractivity contribution in [1.29, 1.82) is 0 Å². The normalized spacial score (nSPS) is 11.8. The van der Waals surface area contributed by atoms with Gasteiger partial charge in [-0.05, 0) is 33.6 Å². The van der Waals surface area contributed by atoms with Crippen LogP contribution in [0.4, 0.5) is 0 Å². The maximum Gasteiger partial charge on any atom is 0.324 e. The maximum absolute atomic E-state index is 12.2. The highest BCUT2D eigenvalue weighted by Crippen LogP contribution is 2.31. The van der Waals surface area contributed by atoms with Gasteiger partial charge < -0.3 is 9.47 Å². The summed E-state index contributed by atoms with van der Waals surface area (Å²) in [6.45, 7) is 9.36. The molecule has 0 amide bonds. The molecule has 0 heterocycles. The topological polar surface area (TPSA) is 52.6 Å². The number of ether oxygens (including phenoxy) is 2. The van der Waals surface area contributed by atoms with Gasteiger partial charge in [-0.25, -0.2) is 0 Å². The van der Waals surface area contributed by atoms with Crippen LogP contribution in [0.25, 0.3) is 0 Å². The Balaban J connectivity index is 5.36. The molecule has 0 unspecified atom stereocenters. The third-order valence-corrected chi connectivity index (χ3v) is 2.73. The molecule has 0 aliphatic heterocycles. The van der Waals surface area contributed by atoms with Gasteiger partial charge in [-0.2, -0.15) is 0 Å². The summed E-state index contributed by atoms with van der Waals surface area (Å²) in [6, 6.07) is 0. The van der Waals surface area contributed by atoms with Gasteiger partial charge in [0.25, 0.3) is 0 Å². The second-order valence-electron chi connectivity index (χ2n) is 4.17. The smallest absolute Gasteiger partial charge is 0.324 e. The van der Waals surface area contributed by atoms with Crippen LogP contribution in [0.2, 0.25) is 0 Å². The van der Waals surface area contributed by atoms with Gasteiger partial charge in [-0.3, -0.25) is 9.59 Å². The zero-order valence-corrected chi connectivity index (χ0v) is 12.6. The van der Waals surface area contributed by atoms with E-state index in [4.69, 9.17) is 9.47 Å². The molecule has 0 aliphatic rings. The van der Waals surface area contributed by atoms with Crippen molar-refractivity contribution < 1.29 is 19.1 Å². The van der Waals surface area contributed by atoms with E-state index in [1.807, 2.05) is 19.1 Å². The van der Waals surface area contributed by atoms with Gasteiger partial charge in [0, 0.05) is 0 Å². The van der Waals surface area contributed by atoms with Crippen LogP contribution in [-0.2, 0) is 19.1 Å². The summed E-state index contributed by atoms with van der Waals surface area (Å²) in [4.78, 5) is 24.4. The second-order valence-corrected chi connectivity index (χ2v) is 4.17. The van der Waals surface area contributed by atoms with Crippen LogP contribution in [0.15, 0.2) is 37.0 Å². The summed E-state index contributed by atoms with van der Waals surface area (Å²) < 4.78 is 10.1. The van der Waals surface area contributed by atoms with Gasteiger partial charge in [0.1, 0.15) is 0 Å². The van der Waals surface area contributed by atoms with Crippen molar-refractivity contribution in [2.75, 3.05) is 13.2 Å². The predicted molar refractivity (Wildman–Crippen MR) is 79.1 cm³/mol. The summed E-state index contributed by atoms with van der Waals surface area (Å²) in [6.07, 6.45) is 9.19. The fourth-order valence-electron chi connectivity index (χ4n) is 1.74. The Kier molecular flexibility index (Phi) is 9.09. The Morgan fingerprint density at radius 3 is 2.00 bits per heavy atom. The molecule has 0 rings (SSSR count). The van der Waals surface area contributed by atoms with Gasteiger partial charge >= 0.3 is 11.9 Å². The van der Waals surface area contributed by atoms with Crippen LogP contribution in [0.1, 0.15) is 33.6 Å². The summed E-state index contributed by atoms with van der Waals surface area (Å²) in [7, 11) is 0. The molecule has 0 bridgehead atoms. The van der Waals surface area contributed by atoms with Crippen molar-refractivity contribution in [3.05, 3.63) is 37.0 Å². The zero-order valence-electron chi connectivity index (χ0n) is 12.6. The highest BCUT2D eigenvalue weighted by atomic mass is 16.6. The molecule has 20 heavy (non-hydrogen) atoms. The predicted octanol–water partition coefficient (Wildman–Crippen LogP) is 3.20. The molecule has 0 saturated carbocycles. The molecule has 0 saturated heterocycles. The molecular weight excluding hydrogens is 256 g/mol. The summed E-state index contributed by atoms with van der Waals surface area (Å²) >= 11 is 0. The fourth-order valence-corrected chi connectivity index (χ4v) is 1.74. The molecule has 4 heteroatoms. The maximum atomic E-state index is 12.2. The standard InChI is InChI=1S/C16H24O4/c1-5-9-10-11-13-16(12-6-2,14(17)19-7-3)15(18)20-8-4/h5-6,9-11H,2,7-8,12-13H2,1,3-4H3/b9-5+,11-10+. The third-order valence-electron chi connectivity index (χ3n) is 2.73. The minimum absolute atomic E-state index is 0.185. The molecule has 4 nitrogen and oxygen atoms in total. The van der Waals surface area contributed by atoms with E-state index >= 15 is 0 Å². The Morgan fingerprint density at radius 1 is 1.05 bits per heavy atom. The largest absolute Gasteiger partial charge is 0.465 e. The number of hydrogen-bond acceptors (Lipinski definition) is 4.